The predicted octanol–water partition coefficient (Wildman–Crippen LogP) is -0.00990. The second-order valence-corrected chi connectivity index (χ2v) is 8.71. The van der Waals surface area contributed by atoms with Crippen molar-refractivity contribution in [1.82, 2.24) is 19.5 Å². The number of hydrogen-bond acceptors (Lipinski definition) is 11. The summed E-state index contributed by atoms with van der Waals surface area (Å²) in [5.74, 6) is -0.461. The number of nitrogens with one attached hydrogen (secondary N) is 1. The van der Waals surface area contributed by atoms with Crippen LogP contribution in [0.2, 0.25) is 0 Å². The number of nitrogens with two attached hydrogens (primary N) is 1. The molecular weight excluding hydrogens is 462 g/mol. The number of aliphatic hydroxyl groups excluding tert-OH is 1. The molecule has 178 valence electrons. The number of imidazole rings is 1. The Kier molecular flexibility index (Phi) is 3.85. The third kappa shape index (κ3) is 2.50. The average Bonchev–Trinajstić information content (AvgIpc) is 3.56. The fourth-order valence-corrected chi connectivity index (χ4v) is 5.46. The van der Waals surface area contributed by atoms with Crippen molar-refractivity contribution in [3.05, 3.63) is 49.9 Å². The minimum atomic E-state index is -0.933. The molecule has 4 atom stereocenters. The van der Waals surface area contributed by atoms with Gasteiger partial charge >= 0.3 is 5.63 Å². The van der Waals surface area contributed by atoms with Gasteiger partial charge in [0.15, 0.2) is 16.9 Å². The standard InChI is InChI=1S/C22H17N5O8/c1-32-9-3-10-14(13-8(28)4-33-21(13)34-10)17-11(9)6-2-7(16(29)12(6)20(31)35-17)27-5-24-18-15(27)19(30)26-22(23)25-18/h3,5,7-8,13,21,28H,2,4H2,1H3,(H3,23,25,26,30)/t7?,8?,13-,21+/m0/s1. The highest BCUT2D eigenvalue weighted by Gasteiger charge is 2.49. The average molecular weight is 479 g/mol. The zero-order valence-corrected chi connectivity index (χ0v) is 18.1. The SMILES string of the molecule is COc1cc2c(c3oc(=O)c4c(c13)CC(n1cnc3nc(N)[nH]c(=O)c31)C4=O)[C@@H]1C(O)CO[C@@H]1O2. The Morgan fingerprint density at radius 1 is 1.31 bits per heavy atom. The Morgan fingerprint density at radius 3 is 2.94 bits per heavy atom. The molecule has 3 aromatic heterocycles. The van der Waals surface area contributed by atoms with Crippen molar-refractivity contribution >= 4 is 33.9 Å². The number of aliphatic hydroxyl groups is 1. The number of aromatic nitrogens is 4. The Hall–Kier alpha value is -4.23. The third-order valence-corrected chi connectivity index (χ3v) is 6.92. The summed E-state index contributed by atoms with van der Waals surface area (Å²) in [7, 11) is 1.45. The Morgan fingerprint density at radius 2 is 2.14 bits per heavy atom. The fourth-order valence-electron chi connectivity index (χ4n) is 5.46. The molecule has 1 aliphatic carbocycles. The van der Waals surface area contributed by atoms with Crippen LogP contribution in [0.3, 0.4) is 0 Å². The molecule has 0 amide bonds. The highest BCUT2D eigenvalue weighted by atomic mass is 16.7. The van der Waals surface area contributed by atoms with Gasteiger partial charge in [0, 0.05) is 12.5 Å². The van der Waals surface area contributed by atoms with Crippen LogP contribution in [0, 0.1) is 0 Å². The predicted molar refractivity (Wildman–Crippen MR) is 118 cm³/mol. The molecule has 13 nitrogen and oxygen atoms in total. The van der Waals surface area contributed by atoms with Gasteiger partial charge in [0.05, 0.1) is 43.0 Å². The number of carbonyl (C=O) groups is 1. The van der Waals surface area contributed by atoms with Gasteiger partial charge < -0.3 is 34.0 Å². The maximum Gasteiger partial charge on any atom is 0.347 e. The largest absolute Gasteiger partial charge is 0.496 e. The number of carbonyl (C=O) groups excluding carboxylic acids is 1. The number of ether oxygens (including phenoxy) is 3. The van der Waals surface area contributed by atoms with Crippen LogP contribution in [0.4, 0.5) is 5.95 Å². The number of aromatic amines is 1. The second-order valence-electron chi connectivity index (χ2n) is 8.71. The van der Waals surface area contributed by atoms with Gasteiger partial charge in [-0.1, -0.05) is 0 Å². The number of nitrogens with zero attached hydrogens (tertiary/aromatic N) is 3. The molecule has 5 heterocycles. The third-order valence-electron chi connectivity index (χ3n) is 6.92. The number of H-pyrrole nitrogens is 1. The molecular formula is C22H17N5O8. The second kappa shape index (κ2) is 6.67. The molecule has 1 saturated heterocycles. The molecule has 0 bridgehead atoms. The van der Waals surface area contributed by atoms with E-state index in [-0.39, 0.29) is 41.3 Å². The molecule has 1 aromatic carbocycles. The summed E-state index contributed by atoms with van der Waals surface area (Å²) in [6.45, 7) is 0.0822. The fraction of sp³-hybridized carbons (Fsp3) is 0.318. The van der Waals surface area contributed by atoms with E-state index in [1.54, 1.807) is 6.07 Å². The van der Waals surface area contributed by atoms with Crippen LogP contribution in [-0.2, 0) is 11.2 Å². The molecule has 0 saturated carbocycles. The van der Waals surface area contributed by atoms with E-state index in [0.29, 0.717) is 28.0 Å². The van der Waals surface area contributed by atoms with Gasteiger partial charge in [-0.25, -0.2) is 9.78 Å². The van der Waals surface area contributed by atoms with Crippen molar-refractivity contribution in [1.29, 1.82) is 0 Å². The summed E-state index contributed by atoms with van der Waals surface area (Å²) in [6.07, 6.45) is -0.166. The molecule has 4 N–H and O–H groups in total. The molecule has 35 heavy (non-hydrogen) atoms. The molecule has 3 aliphatic rings. The monoisotopic (exact) mass is 479 g/mol. The number of rotatable bonds is 2. The number of Topliss-reactive ketones (excluding diaryl/α,β-unsaturated/α-hetero) is 1. The number of fused-ring (bicyclic) bond motifs is 8. The summed E-state index contributed by atoms with van der Waals surface area (Å²) in [5.41, 5.74) is 5.34. The minimum absolute atomic E-state index is 0.0642. The lowest BCUT2D eigenvalue weighted by molar-refractivity contribution is -0.0348. The maximum atomic E-state index is 13.5. The zero-order valence-electron chi connectivity index (χ0n) is 18.1. The van der Waals surface area contributed by atoms with E-state index >= 15 is 0 Å². The van der Waals surface area contributed by atoms with E-state index < -0.39 is 41.3 Å². The Bertz CT molecular complexity index is 1720. The minimum Gasteiger partial charge on any atom is -0.496 e. The number of benzene rings is 1. The van der Waals surface area contributed by atoms with Crippen molar-refractivity contribution in [2.45, 2.75) is 30.8 Å². The number of nitrogen functional groups attached to an aromatic ring is 1. The topological polar surface area (TPSA) is 185 Å². The van der Waals surface area contributed by atoms with Crippen LogP contribution < -0.4 is 26.4 Å². The van der Waals surface area contributed by atoms with Gasteiger partial charge in [-0.2, -0.15) is 4.98 Å². The summed E-state index contributed by atoms with van der Waals surface area (Å²) in [5, 5.41) is 10.9. The van der Waals surface area contributed by atoms with Crippen molar-refractivity contribution in [2.75, 3.05) is 19.5 Å². The summed E-state index contributed by atoms with van der Waals surface area (Å²) < 4.78 is 24.0. The van der Waals surface area contributed by atoms with Crippen LogP contribution in [0.5, 0.6) is 11.5 Å². The van der Waals surface area contributed by atoms with Crippen LogP contribution in [0.15, 0.2) is 26.4 Å². The van der Waals surface area contributed by atoms with E-state index in [0.717, 1.165) is 0 Å². The van der Waals surface area contributed by atoms with Gasteiger partial charge in [-0.15, -0.1) is 0 Å². The summed E-state index contributed by atoms with van der Waals surface area (Å²) in [4.78, 5) is 49.7. The van der Waals surface area contributed by atoms with Gasteiger partial charge in [-0.3, -0.25) is 14.6 Å². The van der Waals surface area contributed by atoms with Crippen LogP contribution in [-0.4, -0.2) is 56.5 Å². The lowest BCUT2D eigenvalue weighted by Gasteiger charge is -2.14. The number of hydrogen-bond donors (Lipinski definition) is 3. The van der Waals surface area contributed by atoms with Crippen molar-refractivity contribution in [3.63, 3.8) is 0 Å². The molecule has 0 spiro atoms. The van der Waals surface area contributed by atoms with Crippen molar-refractivity contribution in [2.24, 2.45) is 0 Å². The van der Waals surface area contributed by atoms with Crippen molar-refractivity contribution in [3.8, 4) is 11.5 Å². The first kappa shape index (κ1) is 20.2. The molecule has 2 aliphatic heterocycles. The zero-order chi connectivity index (χ0) is 24.2. The van der Waals surface area contributed by atoms with E-state index in [1.807, 2.05) is 0 Å². The molecule has 4 aromatic rings. The van der Waals surface area contributed by atoms with Crippen LogP contribution >= 0.6 is 0 Å². The van der Waals surface area contributed by atoms with Gasteiger partial charge in [0.1, 0.15) is 28.7 Å². The molecule has 13 heteroatoms. The number of ketones is 1. The quantitative estimate of drug-likeness (QED) is 0.328. The first-order valence-corrected chi connectivity index (χ1v) is 10.8. The van der Waals surface area contributed by atoms with Gasteiger partial charge in [0.2, 0.25) is 12.2 Å². The highest BCUT2D eigenvalue weighted by Crippen LogP contribution is 2.51. The van der Waals surface area contributed by atoms with Gasteiger partial charge in [0.25, 0.3) is 5.56 Å². The van der Waals surface area contributed by atoms with Crippen LogP contribution in [0.25, 0.3) is 22.1 Å². The Balaban J connectivity index is 1.47. The van der Waals surface area contributed by atoms with Crippen molar-refractivity contribution < 1.29 is 28.5 Å². The normalized spacial score (nSPS) is 24.6. The molecule has 2 unspecified atom stereocenters. The Labute approximate surface area is 194 Å². The smallest absolute Gasteiger partial charge is 0.347 e. The lowest BCUT2D eigenvalue weighted by Crippen LogP contribution is -2.22. The van der Waals surface area contributed by atoms with E-state index in [2.05, 4.69) is 15.0 Å². The van der Waals surface area contributed by atoms with E-state index in [9.17, 15) is 19.5 Å². The van der Waals surface area contributed by atoms with Gasteiger partial charge in [-0.05, 0) is 5.56 Å². The van der Waals surface area contributed by atoms with Crippen LogP contribution in [0.1, 0.15) is 33.4 Å². The summed E-state index contributed by atoms with van der Waals surface area (Å²) >= 11 is 0. The molecule has 1 fully saturated rings. The first-order valence-electron chi connectivity index (χ1n) is 10.8. The van der Waals surface area contributed by atoms with E-state index in [1.165, 1.54) is 18.0 Å². The number of anilines is 1. The summed E-state index contributed by atoms with van der Waals surface area (Å²) in [6, 6.07) is 0.700. The highest BCUT2D eigenvalue weighted by molar-refractivity contribution is 6.08. The molecule has 7 rings (SSSR count). The lowest BCUT2D eigenvalue weighted by atomic mass is 9.92. The first-order chi connectivity index (χ1) is 16.9. The van der Waals surface area contributed by atoms with E-state index in [4.69, 9.17) is 24.4 Å². The maximum absolute atomic E-state index is 13.5. The number of methoxy groups -OCH3 is 1. The molecule has 0 radical (unpaired) electrons.